The van der Waals surface area contributed by atoms with E-state index in [-0.39, 0.29) is 28.4 Å². The molecule has 4 aliphatic carbocycles. The second-order valence-electron chi connectivity index (χ2n) is 33.8. The molecule has 0 bridgehead atoms. The van der Waals surface area contributed by atoms with Crippen molar-refractivity contribution in [2.45, 2.75) is 116 Å². The molecule has 20 rings (SSSR count). The zero-order valence-electron chi connectivity index (χ0n) is 59.7. The lowest BCUT2D eigenvalue weighted by atomic mass is 9.34. The highest BCUT2D eigenvalue weighted by Crippen LogP contribution is 2.67. The summed E-state index contributed by atoms with van der Waals surface area (Å²) in [5, 5.41) is 5.05. The number of nitrogens with zero attached hydrogens (tertiary/aromatic N) is 2. The molecule has 0 radical (unpaired) electrons. The van der Waals surface area contributed by atoms with Crippen LogP contribution in [0.1, 0.15) is 150 Å². The number of aromatic nitrogens is 1. The Morgan fingerprint density at radius 2 is 0.723 bits per heavy atom. The van der Waals surface area contributed by atoms with Crippen LogP contribution in [0.2, 0.25) is 0 Å². The monoisotopic (exact) mass is 1320 g/mol. The number of anilines is 3. The molecule has 488 valence electrons. The van der Waals surface area contributed by atoms with E-state index in [1.165, 1.54) is 128 Å². The molecule has 1 atom stereocenters. The lowest BCUT2D eigenvalue weighted by Gasteiger charge is -2.45. The highest BCUT2D eigenvalue weighted by molar-refractivity contribution is 7.86. The molecule has 3 nitrogen and oxygen atoms in total. The fourth-order valence-electron chi connectivity index (χ4n) is 19.6. The van der Waals surface area contributed by atoms with Gasteiger partial charge in [0.2, 0.25) is 6.71 Å². The Morgan fingerprint density at radius 1 is 0.317 bits per heavy atom. The molecule has 0 fully saturated rings. The van der Waals surface area contributed by atoms with E-state index < -0.39 is 18.0 Å². The highest BCUT2D eigenvalue weighted by Gasteiger charge is 2.57. The van der Waals surface area contributed by atoms with Gasteiger partial charge in [-0.25, -0.2) is 0 Å². The van der Waals surface area contributed by atoms with Gasteiger partial charge in [0.15, 0.2) is 7.14 Å². The lowest BCUT2D eigenvalue weighted by molar-refractivity contribution is 0.589. The number of benzene rings is 13. The lowest BCUT2D eigenvalue weighted by Crippen LogP contribution is -2.68. The van der Waals surface area contributed by atoms with Crippen LogP contribution in [0.3, 0.4) is 0 Å². The normalized spacial score (nSPS) is 16.5. The minimum atomic E-state index is -4.02. The molecule has 13 aromatic carbocycles. The number of hydrogen-bond acceptors (Lipinski definition) is 2. The van der Waals surface area contributed by atoms with Gasteiger partial charge in [0.25, 0.3) is 0 Å². The van der Waals surface area contributed by atoms with Crippen LogP contribution in [0.4, 0.5) is 17.1 Å². The Kier molecular flexibility index (Phi) is 12.2. The quantitative estimate of drug-likeness (QED) is 0.130. The van der Waals surface area contributed by atoms with Crippen molar-refractivity contribution < 1.29 is 4.57 Å². The van der Waals surface area contributed by atoms with Gasteiger partial charge in [-0.15, -0.1) is 0 Å². The maximum Gasteiger partial charge on any atom is 0.248 e. The molecule has 0 saturated heterocycles. The molecule has 1 aromatic heterocycles. The smallest absolute Gasteiger partial charge is 0.248 e. The van der Waals surface area contributed by atoms with Crippen molar-refractivity contribution in [3.05, 3.63) is 334 Å². The molecule has 14 aromatic rings. The summed E-state index contributed by atoms with van der Waals surface area (Å²) in [7, 11) is -4.02. The van der Waals surface area contributed by atoms with Gasteiger partial charge < -0.3 is 14.0 Å². The second-order valence-corrected chi connectivity index (χ2v) is 36.5. The van der Waals surface area contributed by atoms with Gasteiger partial charge in [-0.2, -0.15) is 0 Å². The molecule has 3 heterocycles. The first kappa shape index (κ1) is 60.7. The van der Waals surface area contributed by atoms with Crippen LogP contribution in [0, 0.1) is 0 Å². The van der Waals surface area contributed by atoms with E-state index >= 15 is 4.57 Å². The van der Waals surface area contributed by atoms with Gasteiger partial charge in [0.05, 0.1) is 27.6 Å². The zero-order chi connectivity index (χ0) is 69.0. The van der Waals surface area contributed by atoms with Crippen LogP contribution >= 0.6 is 7.14 Å². The average Bonchev–Trinajstić information content (AvgIpc) is 1.63. The third kappa shape index (κ3) is 7.85. The first-order chi connectivity index (χ1) is 48.5. The first-order valence-corrected chi connectivity index (χ1v) is 38.1. The Morgan fingerprint density at radius 3 is 1.21 bits per heavy atom. The predicted octanol–water partition coefficient (Wildman–Crippen LogP) is 20.9. The Hall–Kier alpha value is -10.2. The summed E-state index contributed by atoms with van der Waals surface area (Å²) in [5.41, 5.74) is 33.0. The maximum atomic E-state index is 19.6. The molecular weight excluding hydrogens is 1240 g/mol. The van der Waals surface area contributed by atoms with Crippen molar-refractivity contribution in [2.24, 2.45) is 0 Å². The summed E-state index contributed by atoms with van der Waals surface area (Å²) in [6, 6.07) is 103. The Bertz CT molecular complexity index is 5890. The van der Waals surface area contributed by atoms with E-state index in [0.29, 0.717) is 0 Å². The van der Waals surface area contributed by atoms with E-state index in [1.54, 1.807) is 0 Å². The number of hydrogen-bond donors (Lipinski definition) is 0. The van der Waals surface area contributed by atoms with Gasteiger partial charge in [-0.05, 0) is 193 Å². The van der Waals surface area contributed by atoms with Crippen LogP contribution < -0.4 is 37.2 Å². The molecule has 2 aliphatic heterocycles. The highest BCUT2D eigenvalue weighted by atomic mass is 31.2. The van der Waals surface area contributed by atoms with Crippen molar-refractivity contribution in [3.63, 3.8) is 0 Å². The molecule has 1 unspecified atom stereocenters. The molecule has 5 heteroatoms. The predicted molar refractivity (Wildman–Crippen MR) is 427 cm³/mol. The van der Waals surface area contributed by atoms with Crippen LogP contribution in [0.5, 0.6) is 0 Å². The fourth-order valence-corrected chi connectivity index (χ4v) is 22.7. The largest absolute Gasteiger partial charge is 0.311 e. The van der Waals surface area contributed by atoms with Crippen molar-refractivity contribution in [2.75, 3.05) is 4.90 Å². The molecule has 101 heavy (non-hydrogen) atoms. The molecule has 0 amide bonds. The maximum absolute atomic E-state index is 19.6. The van der Waals surface area contributed by atoms with E-state index in [9.17, 15) is 0 Å². The summed E-state index contributed by atoms with van der Waals surface area (Å²) in [6.07, 6.45) is 0. The molecular formula is C96H80BN2OP. The molecule has 0 N–H and O–H groups in total. The third-order valence-corrected chi connectivity index (χ3v) is 27.5. The average molecular weight is 1320 g/mol. The molecule has 6 aliphatic rings. The number of fused-ring (bicyclic) bond motifs is 27. The van der Waals surface area contributed by atoms with E-state index in [2.05, 4.69) is 359 Å². The second kappa shape index (κ2) is 20.3. The molecule has 2 spiro atoms. The van der Waals surface area contributed by atoms with E-state index in [4.69, 9.17) is 0 Å². The number of rotatable bonds is 3. The van der Waals surface area contributed by atoms with E-state index in [1.807, 2.05) is 0 Å². The van der Waals surface area contributed by atoms with Crippen molar-refractivity contribution in [1.29, 1.82) is 0 Å². The van der Waals surface area contributed by atoms with Gasteiger partial charge in [0, 0.05) is 49.3 Å². The summed E-state index contributed by atoms with van der Waals surface area (Å²) in [4.78, 5) is 2.67. The van der Waals surface area contributed by atoms with Crippen molar-refractivity contribution >= 4 is 85.0 Å². The zero-order valence-corrected chi connectivity index (χ0v) is 60.6. The van der Waals surface area contributed by atoms with Gasteiger partial charge >= 0.3 is 0 Å². The van der Waals surface area contributed by atoms with Crippen LogP contribution in [0.15, 0.2) is 267 Å². The van der Waals surface area contributed by atoms with Crippen molar-refractivity contribution in [1.82, 2.24) is 4.57 Å². The van der Waals surface area contributed by atoms with Gasteiger partial charge in [0.1, 0.15) is 0 Å². The minimum Gasteiger partial charge on any atom is -0.311 e. The first-order valence-electron chi connectivity index (χ1n) is 36.4. The summed E-state index contributed by atoms with van der Waals surface area (Å²) < 4.78 is 22.1. The van der Waals surface area contributed by atoms with Gasteiger partial charge in [-0.1, -0.05) is 301 Å². The Labute approximate surface area is 594 Å². The van der Waals surface area contributed by atoms with Crippen LogP contribution in [-0.2, 0) is 37.1 Å². The molecule has 0 saturated carbocycles. The van der Waals surface area contributed by atoms with Crippen molar-refractivity contribution in [3.8, 4) is 50.2 Å². The fraction of sp³-hybridized carbons (Fsp3) is 0.188. The Balaban J connectivity index is 0.965. The standard InChI is InChI=1S/C96H80BN2OP/c1-91(2,3)57-40-46-82-71(50-57)72-51-58(92(4,5)6)41-47-83(72)98(82)61-54-86-90-88(55-61)101(100,62-44-45-69-67-30-15-21-35-75(67)95(79(69)56-62)73-33-19-13-26-63(73)64-27-14-20-34-74(64)95)87-49-43-60(94(10,11)12)53-81(87)97(90)80-52-59(93(7,8)9)42-48-84(80)99(86)85-39-25-32-70-68-31-18-24-38-78(68)96(89(70)85)76-36-22-16-28-65(76)66-29-17-23-37-77(66)96/h13-56H,1-12H3. The van der Waals surface area contributed by atoms with E-state index in [0.717, 1.165) is 60.6 Å². The summed E-state index contributed by atoms with van der Waals surface area (Å²) >= 11 is 0. The van der Waals surface area contributed by atoms with Crippen LogP contribution in [0.25, 0.3) is 72.0 Å². The summed E-state index contributed by atoms with van der Waals surface area (Å²) in [5.74, 6) is 0. The van der Waals surface area contributed by atoms with Crippen LogP contribution in [-0.4, -0.2) is 11.3 Å². The van der Waals surface area contributed by atoms with Gasteiger partial charge in [-0.3, -0.25) is 0 Å². The SMILES string of the molecule is CC(C)(C)c1ccc2c(c1)B1c3cc(C(C)(C)C)ccc3P(=O)(c3ccc4c(c3)C3(c5ccccc5-c5ccccc53)c3ccccc3-4)c3cc(-n4c5ccc(C(C)(C)C)cc5c5cc(C(C)(C)C)ccc54)cc(c31)N2c1cccc2c1C1(c3ccccc3-c3ccccc31)c1ccccc1-2. The minimum absolute atomic E-state index is 0.103. The summed E-state index contributed by atoms with van der Waals surface area (Å²) in [6.45, 7) is 27.7. The third-order valence-electron chi connectivity index (χ3n) is 24.3. The topological polar surface area (TPSA) is 25.2 Å².